The summed E-state index contributed by atoms with van der Waals surface area (Å²) >= 11 is 0.882. The van der Waals surface area contributed by atoms with Crippen molar-refractivity contribution >= 4 is 35.7 Å². The molecule has 152 valence electrons. The van der Waals surface area contributed by atoms with Crippen LogP contribution in [0.15, 0.2) is 30.3 Å². The Kier molecular flexibility index (Phi) is 6.52. The van der Waals surface area contributed by atoms with Crippen molar-refractivity contribution in [3.05, 3.63) is 35.3 Å². The number of halogens is 3. The molecule has 1 aromatic carbocycles. The van der Waals surface area contributed by atoms with Gasteiger partial charge in [-0.25, -0.2) is 18.6 Å². The zero-order valence-corrected chi connectivity index (χ0v) is 16.8. The molecule has 2 aromatic rings. The van der Waals surface area contributed by atoms with Crippen LogP contribution in [-0.2, 0) is 4.74 Å². The first-order valence-corrected chi connectivity index (χ1v) is 9.87. The van der Waals surface area contributed by atoms with E-state index in [1.807, 2.05) is 18.2 Å². The molecule has 5 nitrogen and oxygen atoms in total. The first-order valence-electron chi connectivity index (χ1n) is 9.05. The molecule has 1 amide bonds. The van der Waals surface area contributed by atoms with Crippen LogP contribution in [0, 0.1) is 5.41 Å². The minimum absolute atomic E-state index is 0. The third-order valence-corrected chi connectivity index (χ3v) is 6.58. The van der Waals surface area contributed by atoms with E-state index in [1.54, 1.807) is 12.1 Å². The number of ether oxygens (including phenoxy) is 1. The van der Waals surface area contributed by atoms with Gasteiger partial charge in [0.1, 0.15) is 0 Å². The lowest BCUT2D eigenvalue weighted by atomic mass is 9.73. The molecular weight excluding hydrogens is 408 g/mol. The summed E-state index contributed by atoms with van der Waals surface area (Å²) in [6, 6.07) is 9.07. The number of hydrogen-bond donors (Lipinski definition) is 1. The highest BCUT2D eigenvalue weighted by atomic mass is 35.5. The Balaban J connectivity index is 0.00000225. The summed E-state index contributed by atoms with van der Waals surface area (Å²) in [6.07, 6.45) is -0.235. The molecule has 0 aliphatic carbocycles. The van der Waals surface area contributed by atoms with Gasteiger partial charge in [0.25, 0.3) is 6.43 Å². The van der Waals surface area contributed by atoms with Gasteiger partial charge in [0, 0.05) is 5.41 Å². The zero-order valence-electron chi connectivity index (χ0n) is 15.2. The fraction of sp³-hybridized carbons (Fsp3) is 0.474. The second-order valence-electron chi connectivity index (χ2n) is 7.19. The number of benzene rings is 1. The molecule has 0 atom stereocenters. The first kappa shape index (κ1) is 21.0. The van der Waals surface area contributed by atoms with Crippen LogP contribution in [0.4, 0.5) is 19.4 Å². The molecule has 3 fully saturated rings. The second-order valence-corrected chi connectivity index (χ2v) is 8.22. The molecule has 1 aromatic heterocycles. The highest BCUT2D eigenvalue weighted by molar-refractivity contribution is 7.15. The molecule has 4 heterocycles. The van der Waals surface area contributed by atoms with Gasteiger partial charge in [0.05, 0.1) is 11.5 Å². The van der Waals surface area contributed by atoms with Gasteiger partial charge in [-0.3, -0.25) is 5.32 Å². The van der Waals surface area contributed by atoms with Crippen molar-refractivity contribution in [2.24, 2.45) is 5.41 Å². The minimum atomic E-state index is -2.68. The SMILES string of the molecule is Cl.O=C(Nc1nc(C(F)F)sc1-c1ccccc1)OCC12CCN(CC1)CC2. The Morgan fingerprint density at radius 3 is 2.46 bits per heavy atom. The normalized spacial score (nSPS) is 23.3. The third kappa shape index (κ3) is 4.45. The molecule has 1 N–H and O–H groups in total. The molecular formula is C19H22ClF2N3O2S. The fourth-order valence-corrected chi connectivity index (χ4v) is 4.65. The summed E-state index contributed by atoms with van der Waals surface area (Å²) in [6.45, 7) is 3.51. The number of carbonyl (C=O) groups excluding carboxylic acids is 1. The average molecular weight is 430 g/mol. The first-order chi connectivity index (χ1) is 13.0. The summed E-state index contributed by atoms with van der Waals surface area (Å²) in [5.74, 6) is 0.127. The number of piperidine rings is 3. The van der Waals surface area contributed by atoms with Crippen LogP contribution in [0.2, 0.25) is 0 Å². The predicted molar refractivity (Wildman–Crippen MR) is 107 cm³/mol. The Hall–Kier alpha value is -1.77. The number of rotatable bonds is 5. The van der Waals surface area contributed by atoms with Gasteiger partial charge < -0.3 is 9.64 Å². The summed E-state index contributed by atoms with van der Waals surface area (Å²) < 4.78 is 31.7. The highest BCUT2D eigenvalue weighted by Crippen LogP contribution is 2.41. The van der Waals surface area contributed by atoms with Crippen molar-refractivity contribution in [1.29, 1.82) is 0 Å². The van der Waals surface area contributed by atoms with Gasteiger partial charge in [0.2, 0.25) is 0 Å². The van der Waals surface area contributed by atoms with E-state index in [9.17, 15) is 13.6 Å². The minimum Gasteiger partial charge on any atom is -0.449 e. The third-order valence-electron chi connectivity index (χ3n) is 5.47. The van der Waals surface area contributed by atoms with Crippen molar-refractivity contribution in [3.8, 4) is 10.4 Å². The van der Waals surface area contributed by atoms with Crippen molar-refractivity contribution in [2.45, 2.75) is 25.7 Å². The number of amides is 1. The molecule has 0 radical (unpaired) electrons. The van der Waals surface area contributed by atoms with Gasteiger partial charge >= 0.3 is 6.09 Å². The van der Waals surface area contributed by atoms with E-state index >= 15 is 0 Å². The van der Waals surface area contributed by atoms with Crippen molar-refractivity contribution in [2.75, 3.05) is 31.6 Å². The topological polar surface area (TPSA) is 54.5 Å². The quantitative estimate of drug-likeness (QED) is 0.709. The lowest BCUT2D eigenvalue weighted by Gasteiger charge is -2.47. The maximum Gasteiger partial charge on any atom is 0.412 e. The van der Waals surface area contributed by atoms with Crippen LogP contribution >= 0.6 is 23.7 Å². The van der Waals surface area contributed by atoms with Crippen LogP contribution in [0.1, 0.15) is 30.7 Å². The van der Waals surface area contributed by atoms with Gasteiger partial charge in [-0.2, -0.15) is 0 Å². The standard InChI is InChI=1S/C19H21F2N3O2S.ClH/c20-15(21)17-22-16(14(27-17)13-4-2-1-3-5-13)23-18(25)26-12-19-6-9-24(10-7-19)11-8-19;/h1-5,15H,6-12H2,(H,23,25);1H. The Morgan fingerprint density at radius 2 is 1.86 bits per heavy atom. The lowest BCUT2D eigenvalue weighted by Crippen LogP contribution is -2.50. The van der Waals surface area contributed by atoms with Crippen molar-refractivity contribution < 1.29 is 18.3 Å². The van der Waals surface area contributed by atoms with E-state index < -0.39 is 12.5 Å². The number of alkyl halides is 2. The van der Waals surface area contributed by atoms with Crippen LogP contribution in [0.25, 0.3) is 10.4 Å². The smallest absolute Gasteiger partial charge is 0.412 e. The van der Waals surface area contributed by atoms with Gasteiger partial charge in [-0.1, -0.05) is 30.3 Å². The van der Waals surface area contributed by atoms with E-state index in [4.69, 9.17) is 4.74 Å². The Bertz CT molecular complexity index is 797. The average Bonchev–Trinajstić information content (AvgIpc) is 3.13. The number of nitrogens with zero attached hydrogens (tertiary/aromatic N) is 2. The highest BCUT2D eigenvalue weighted by Gasteiger charge is 2.40. The van der Waals surface area contributed by atoms with Crippen molar-refractivity contribution in [3.63, 3.8) is 0 Å². The number of carbonyl (C=O) groups is 1. The number of aromatic nitrogens is 1. The fourth-order valence-electron chi connectivity index (χ4n) is 3.76. The van der Waals surface area contributed by atoms with Gasteiger partial charge in [-0.05, 0) is 44.5 Å². The molecule has 3 aliphatic heterocycles. The number of nitrogens with one attached hydrogen (secondary N) is 1. The lowest BCUT2D eigenvalue weighted by molar-refractivity contribution is -0.0190. The number of hydrogen-bond acceptors (Lipinski definition) is 5. The molecule has 5 rings (SSSR count). The molecule has 28 heavy (non-hydrogen) atoms. The van der Waals surface area contributed by atoms with E-state index in [0.717, 1.165) is 55.8 Å². The number of thiazole rings is 1. The maximum atomic E-state index is 13.1. The summed E-state index contributed by atoms with van der Waals surface area (Å²) in [5, 5.41) is 2.26. The summed E-state index contributed by atoms with van der Waals surface area (Å²) in [4.78, 5) is 19.2. The predicted octanol–water partition coefficient (Wildman–Crippen LogP) is 5.20. The number of anilines is 1. The molecule has 0 unspecified atom stereocenters. The van der Waals surface area contributed by atoms with E-state index in [2.05, 4.69) is 15.2 Å². The molecule has 2 bridgehead atoms. The molecule has 9 heteroatoms. The molecule has 3 saturated heterocycles. The molecule has 3 aliphatic rings. The van der Waals surface area contributed by atoms with Crippen LogP contribution < -0.4 is 5.32 Å². The summed E-state index contributed by atoms with van der Waals surface area (Å²) in [7, 11) is 0. The second kappa shape index (κ2) is 8.71. The molecule has 0 saturated carbocycles. The molecule has 0 spiro atoms. The van der Waals surface area contributed by atoms with Gasteiger partial charge in [-0.15, -0.1) is 23.7 Å². The maximum absolute atomic E-state index is 13.1. The van der Waals surface area contributed by atoms with Crippen molar-refractivity contribution in [1.82, 2.24) is 9.88 Å². The van der Waals surface area contributed by atoms with E-state index in [0.29, 0.717) is 11.5 Å². The van der Waals surface area contributed by atoms with Crippen LogP contribution in [0.3, 0.4) is 0 Å². The van der Waals surface area contributed by atoms with Crippen LogP contribution in [-0.4, -0.2) is 42.2 Å². The van der Waals surface area contributed by atoms with E-state index in [-0.39, 0.29) is 28.6 Å². The Morgan fingerprint density at radius 1 is 1.21 bits per heavy atom. The number of fused-ring (bicyclic) bond motifs is 3. The Labute approximate surface area is 172 Å². The zero-order chi connectivity index (χ0) is 18.9. The summed E-state index contributed by atoms with van der Waals surface area (Å²) in [5.41, 5.74) is 0.792. The monoisotopic (exact) mass is 429 g/mol. The van der Waals surface area contributed by atoms with Gasteiger partial charge in [0.15, 0.2) is 10.8 Å². The van der Waals surface area contributed by atoms with E-state index in [1.165, 1.54) is 0 Å². The van der Waals surface area contributed by atoms with Crippen LogP contribution in [0.5, 0.6) is 0 Å². The largest absolute Gasteiger partial charge is 0.449 e.